The van der Waals surface area contributed by atoms with Crippen LogP contribution >= 0.6 is 0 Å². The summed E-state index contributed by atoms with van der Waals surface area (Å²) < 4.78 is 0. The fraction of sp³-hybridized carbons (Fsp3) is 0.889. The minimum atomic E-state index is -0.914. The van der Waals surface area contributed by atoms with Crippen LogP contribution in [-0.4, -0.2) is 16.9 Å². The molecular weight excluding hydrogens is 480 g/mol. The first-order valence-electron chi connectivity index (χ1n) is 17.5. The zero-order valence-corrected chi connectivity index (χ0v) is 26.5. The number of unbranched alkanes of at least 4 members (excludes halogenated alkanes) is 24. The van der Waals surface area contributed by atoms with Crippen LogP contribution in [0.5, 0.6) is 0 Å². The molecular formula is C36H68O3. The van der Waals surface area contributed by atoms with E-state index in [0.29, 0.717) is 12.8 Å². The largest absolute Gasteiger partial charge is 0.481 e. The number of carbonyl (C=O) groups excluding carboxylic acids is 1. The average Bonchev–Trinajstić information content (AvgIpc) is 2.92. The molecule has 39 heavy (non-hydrogen) atoms. The van der Waals surface area contributed by atoms with Crippen molar-refractivity contribution in [2.45, 2.75) is 200 Å². The highest BCUT2D eigenvalue weighted by atomic mass is 16.4. The zero-order chi connectivity index (χ0) is 28.7. The van der Waals surface area contributed by atoms with Gasteiger partial charge in [0, 0.05) is 6.42 Å². The van der Waals surface area contributed by atoms with Gasteiger partial charge in [0.25, 0.3) is 0 Å². The van der Waals surface area contributed by atoms with E-state index in [0.717, 1.165) is 38.5 Å². The molecule has 0 radical (unpaired) electrons. The molecule has 230 valence electrons. The van der Waals surface area contributed by atoms with Gasteiger partial charge < -0.3 is 5.11 Å². The van der Waals surface area contributed by atoms with Crippen molar-refractivity contribution in [2.75, 3.05) is 0 Å². The zero-order valence-electron chi connectivity index (χ0n) is 26.5. The van der Waals surface area contributed by atoms with Gasteiger partial charge in [-0.2, -0.15) is 0 Å². The second-order valence-corrected chi connectivity index (χ2v) is 12.1. The van der Waals surface area contributed by atoms with Gasteiger partial charge in [-0.3, -0.25) is 9.59 Å². The highest BCUT2D eigenvalue weighted by Gasteiger charge is 2.24. The Morgan fingerprint density at radius 3 is 1.21 bits per heavy atom. The van der Waals surface area contributed by atoms with Crippen molar-refractivity contribution in [1.82, 2.24) is 0 Å². The standard InChI is InChI=1S/C36H68O3/c1-3-5-7-9-11-13-15-17-19-21-23-25-27-29-31-33-35(37)34(36(38)39)32-30-28-26-24-22-20-18-16-14-12-10-8-6-4-2/h17,19,34H,3-16,18,20-33H2,1-2H3,(H,38,39)/b19-17-. The predicted molar refractivity (Wildman–Crippen MR) is 171 cm³/mol. The molecule has 0 aliphatic carbocycles. The van der Waals surface area contributed by atoms with E-state index >= 15 is 0 Å². The Hall–Kier alpha value is -1.12. The average molecular weight is 549 g/mol. The summed E-state index contributed by atoms with van der Waals surface area (Å²) in [5.41, 5.74) is 0. The van der Waals surface area contributed by atoms with E-state index in [1.165, 1.54) is 135 Å². The summed E-state index contributed by atoms with van der Waals surface area (Å²) in [6.07, 6.45) is 39.7. The van der Waals surface area contributed by atoms with Crippen molar-refractivity contribution in [1.29, 1.82) is 0 Å². The van der Waals surface area contributed by atoms with E-state index in [-0.39, 0.29) is 5.78 Å². The maximum Gasteiger partial charge on any atom is 0.314 e. The Morgan fingerprint density at radius 1 is 0.487 bits per heavy atom. The summed E-state index contributed by atoms with van der Waals surface area (Å²) >= 11 is 0. The molecule has 0 bridgehead atoms. The molecule has 1 atom stereocenters. The van der Waals surface area contributed by atoms with Gasteiger partial charge in [0.2, 0.25) is 0 Å². The second-order valence-electron chi connectivity index (χ2n) is 12.1. The topological polar surface area (TPSA) is 54.4 Å². The molecule has 0 aromatic heterocycles. The highest BCUT2D eigenvalue weighted by molar-refractivity contribution is 5.98. The summed E-state index contributed by atoms with van der Waals surface area (Å²) in [5.74, 6) is -1.74. The fourth-order valence-corrected chi connectivity index (χ4v) is 5.51. The van der Waals surface area contributed by atoms with Gasteiger partial charge in [-0.25, -0.2) is 0 Å². The van der Waals surface area contributed by atoms with Gasteiger partial charge >= 0.3 is 5.97 Å². The third-order valence-corrected chi connectivity index (χ3v) is 8.22. The third kappa shape index (κ3) is 28.2. The van der Waals surface area contributed by atoms with Crippen LogP contribution in [0.4, 0.5) is 0 Å². The molecule has 3 nitrogen and oxygen atoms in total. The molecule has 0 fully saturated rings. The first-order valence-corrected chi connectivity index (χ1v) is 17.5. The Labute approximate surface area is 244 Å². The van der Waals surface area contributed by atoms with Crippen LogP contribution in [0, 0.1) is 5.92 Å². The minimum Gasteiger partial charge on any atom is -0.481 e. The van der Waals surface area contributed by atoms with Crippen molar-refractivity contribution in [3.8, 4) is 0 Å². The van der Waals surface area contributed by atoms with Crippen molar-refractivity contribution in [2.24, 2.45) is 5.92 Å². The first kappa shape index (κ1) is 37.9. The van der Waals surface area contributed by atoms with E-state index in [2.05, 4.69) is 26.0 Å². The molecule has 0 rings (SSSR count). The van der Waals surface area contributed by atoms with Gasteiger partial charge in [-0.1, -0.05) is 167 Å². The Balaban J connectivity index is 3.59. The molecule has 0 saturated carbocycles. The lowest BCUT2D eigenvalue weighted by Crippen LogP contribution is -2.23. The number of carboxylic acid groups (broad SMARTS) is 1. The number of hydrogen-bond donors (Lipinski definition) is 1. The van der Waals surface area contributed by atoms with Gasteiger partial charge in [0.1, 0.15) is 11.7 Å². The van der Waals surface area contributed by atoms with E-state index < -0.39 is 11.9 Å². The van der Waals surface area contributed by atoms with Crippen LogP contribution in [-0.2, 0) is 9.59 Å². The van der Waals surface area contributed by atoms with E-state index in [9.17, 15) is 14.7 Å². The van der Waals surface area contributed by atoms with Crippen LogP contribution in [0.25, 0.3) is 0 Å². The van der Waals surface area contributed by atoms with Crippen LogP contribution in [0.15, 0.2) is 12.2 Å². The van der Waals surface area contributed by atoms with Crippen LogP contribution < -0.4 is 0 Å². The Kier molecular flexibility index (Phi) is 30.5. The summed E-state index contributed by atoms with van der Waals surface area (Å²) in [6, 6.07) is 0. The SMILES string of the molecule is CCCCCCCC/C=C\CCCCCCCC(=O)C(CCCCCCCCCCCCCCCC)C(=O)O. The molecule has 3 heteroatoms. The van der Waals surface area contributed by atoms with Gasteiger partial charge in [0.05, 0.1) is 0 Å². The normalized spacial score (nSPS) is 12.4. The number of aliphatic carboxylic acids is 1. The Bertz CT molecular complexity index is 554. The molecule has 1 unspecified atom stereocenters. The number of carboxylic acids is 1. The molecule has 1 N–H and O–H groups in total. The van der Waals surface area contributed by atoms with Gasteiger partial charge in [-0.15, -0.1) is 0 Å². The number of hydrogen-bond acceptors (Lipinski definition) is 2. The monoisotopic (exact) mass is 549 g/mol. The molecule has 0 aliphatic heterocycles. The maximum atomic E-state index is 12.5. The Morgan fingerprint density at radius 2 is 0.821 bits per heavy atom. The number of Topliss-reactive ketones (excluding diaryl/α,β-unsaturated/α-hetero) is 1. The van der Waals surface area contributed by atoms with Gasteiger partial charge in [-0.05, 0) is 38.5 Å². The quantitative estimate of drug-likeness (QED) is 0.0516. The van der Waals surface area contributed by atoms with Crippen LogP contribution in [0.3, 0.4) is 0 Å². The number of allylic oxidation sites excluding steroid dienone is 2. The van der Waals surface area contributed by atoms with Gasteiger partial charge in [0.15, 0.2) is 0 Å². The number of ketones is 1. The third-order valence-electron chi connectivity index (χ3n) is 8.22. The summed E-state index contributed by atoms with van der Waals surface area (Å²) in [6.45, 7) is 4.53. The molecule has 0 saturated heterocycles. The second kappa shape index (κ2) is 31.4. The number of rotatable bonds is 32. The van der Waals surface area contributed by atoms with Crippen LogP contribution in [0.1, 0.15) is 200 Å². The molecule has 0 amide bonds. The fourth-order valence-electron chi connectivity index (χ4n) is 5.51. The highest BCUT2D eigenvalue weighted by Crippen LogP contribution is 2.18. The lowest BCUT2D eigenvalue weighted by Gasteiger charge is -2.11. The smallest absolute Gasteiger partial charge is 0.314 e. The summed E-state index contributed by atoms with van der Waals surface area (Å²) in [4.78, 5) is 24.1. The van der Waals surface area contributed by atoms with E-state index in [4.69, 9.17) is 0 Å². The lowest BCUT2D eigenvalue weighted by molar-refractivity contribution is -0.146. The maximum absolute atomic E-state index is 12.5. The van der Waals surface area contributed by atoms with Crippen molar-refractivity contribution in [3.63, 3.8) is 0 Å². The lowest BCUT2D eigenvalue weighted by atomic mass is 9.93. The van der Waals surface area contributed by atoms with Crippen LogP contribution in [0.2, 0.25) is 0 Å². The molecule has 0 aliphatic rings. The molecule has 0 spiro atoms. The van der Waals surface area contributed by atoms with E-state index in [1.54, 1.807) is 0 Å². The predicted octanol–water partition coefficient (Wildman–Crippen LogP) is 12.2. The number of carbonyl (C=O) groups is 2. The van der Waals surface area contributed by atoms with Crippen molar-refractivity contribution < 1.29 is 14.7 Å². The van der Waals surface area contributed by atoms with Crippen molar-refractivity contribution >= 4 is 11.8 Å². The molecule has 0 aromatic rings. The molecule has 0 aromatic carbocycles. The first-order chi connectivity index (χ1) is 19.1. The van der Waals surface area contributed by atoms with E-state index in [1.807, 2.05) is 0 Å². The molecule has 0 heterocycles. The minimum absolute atomic E-state index is 0.0465. The summed E-state index contributed by atoms with van der Waals surface area (Å²) in [5, 5.41) is 9.55. The van der Waals surface area contributed by atoms with Crippen molar-refractivity contribution in [3.05, 3.63) is 12.2 Å². The summed E-state index contributed by atoms with van der Waals surface area (Å²) in [7, 11) is 0.